The summed E-state index contributed by atoms with van der Waals surface area (Å²) in [5.41, 5.74) is 0. The number of unbranched alkanes of at least 4 members (excludes halogenated alkanes) is 24. The summed E-state index contributed by atoms with van der Waals surface area (Å²) in [5.74, 6) is 0.194. The van der Waals surface area contributed by atoms with Crippen molar-refractivity contribution in [2.24, 2.45) is 0 Å². The molecule has 0 atom stereocenters. The zero-order chi connectivity index (χ0) is 36.5. The van der Waals surface area contributed by atoms with Crippen molar-refractivity contribution in [3.05, 3.63) is 0 Å². The molecular formula is C43H95NO3. The van der Waals surface area contributed by atoms with Gasteiger partial charge < -0.3 is 14.4 Å². The van der Waals surface area contributed by atoms with Crippen LogP contribution < -0.4 is 0 Å². The van der Waals surface area contributed by atoms with Crippen LogP contribution in [-0.4, -0.2) is 50.8 Å². The minimum Gasteiger partial charge on any atom is -0.385 e. The summed E-state index contributed by atoms with van der Waals surface area (Å²) in [6.45, 7) is 24.0. The van der Waals surface area contributed by atoms with Crippen LogP contribution in [0.5, 0.6) is 0 Å². The Kier molecular flexibility index (Phi) is 72.0. The van der Waals surface area contributed by atoms with E-state index in [1.807, 2.05) is 55.4 Å². The highest BCUT2D eigenvalue weighted by atomic mass is 16.5. The van der Waals surface area contributed by atoms with Gasteiger partial charge in [0, 0.05) is 33.4 Å². The highest BCUT2D eigenvalue weighted by Gasteiger charge is 2.12. The maximum absolute atomic E-state index is 12.6. The minimum atomic E-state index is 0.194. The van der Waals surface area contributed by atoms with Gasteiger partial charge in [-0.2, -0.15) is 0 Å². The van der Waals surface area contributed by atoms with E-state index in [-0.39, 0.29) is 12.5 Å². The third kappa shape index (κ3) is 58.0. The normalized spacial score (nSPS) is 9.94. The van der Waals surface area contributed by atoms with Crippen molar-refractivity contribution < 1.29 is 14.3 Å². The molecule has 0 saturated carbocycles. The Morgan fingerprint density at radius 2 is 0.638 bits per heavy atom. The second kappa shape index (κ2) is 60.7. The second-order valence-electron chi connectivity index (χ2n) is 12.1. The largest absolute Gasteiger partial charge is 0.385 e. The molecule has 0 radical (unpaired) electrons. The molecule has 0 aliphatic heterocycles. The molecule has 4 nitrogen and oxygen atoms in total. The van der Waals surface area contributed by atoms with E-state index < -0.39 is 0 Å². The van der Waals surface area contributed by atoms with Gasteiger partial charge in [-0.1, -0.05) is 209 Å². The van der Waals surface area contributed by atoms with Gasteiger partial charge in [0.25, 0.3) is 0 Å². The Hall–Kier alpha value is -0.610. The fourth-order valence-electron chi connectivity index (χ4n) is 5.28. The van der Waals surface area contributed by atoms with Gasteiger partial charge in [0.05, 0.1) is 0 Å². The number of hydrogen-bond donors (Lipinski definition) is 0. The highest BCUT2D eigenvalue weighted by Crippen LogP contribution is 2.14. The number of carbonyl (C=O) groups excluding carboxylic acids is 1. The molecule has 0 aromatic rings. The van der Waals surface area contributed by atoms with Gasteiger partial charge in [0.1, 0.15) is 6.61 Å². The first kappa shape index (κ1) is 55.8. The molecule has 0 heterocycles. The zero-order valence-corrected chi connectivity index (χ0v) is 35.1. The summed E-state index contributed by atoms with van der Waals surface area (Å²) in [6.07, 6.45) is 35.6. The van der Waals surface area contributed by atoms with Crippen LogP contribution >= 0.6 is 0 Å². The summed E-state index contributed by atoms with van der Waals surface area (Å²) in [4.78, 5) is 14.7. The van der Waals surface area contributed by atoms with Gasteiger partial charge in [0.2, 0.25) is 5.91 Å². The third-order valence-electron chi connectivity index (χ3n) is 8.13. The third-order valence-corrected chi connectivity index (χ3v) is 8.13. The average molecular weight is 674 g/mol. The number of rotatable bonds is 32. The van der Waals surface area contributed by atoms with Crippen molar-refractivity contribution in [2.45, 2.75) is 236 Å². The first-order valence-corrected chi connectivity index (χ1v) is 21.5. The van der Waals surface area contributed by atoms with Crippen LogP contribution in [-0.2, 0) is 14.3 Å². The van der Waals surface area contributed by atoms with Crippen LogP contribution in [0.25, 0.3) is 0 Å². The molecule has 4 heteroatoms. The topological polar surface area (TPSA) is 38.8 Å². The maximum Gasteiger partial charge on any atom is 0.248 e. The molecule has 47 heavy (non-hydrogen) atoms. The highest BCUT2D eigenvalue weighted by molar-refractivity contribution is 5.77. The lowest BCUT2D eigenvalue weighted by molar-refractivity contribution is -0.136. The first-order chi connectivity index (χ1) is 23.2. The minimum absolute atomic E-state index is 0.194. The molecule has 0 unspecified atom stereocenters. The molecule has 0 rings (SSSR count). The predicted molar refractivity (Wildman–Crippen MR) is 216 cm³/mol. The molecular weight excluding hydrogens is 578 g/mol. The summed E-state index contributed by atoms with van der Waals surface area (Å²) < 4.78 is 9.96. The number of hydrogen-bond acceptors (Lipinski definition) is 3. The summed E-state index contributed by atoms with van der Waals surface area (Å²) in [6, 6.07) is 0. The van der Waals surface area contributed by atoms with Crippen LogP contribution in [0.3, 0.4) is 0 Å². The van der Waals surface area contributed by atoms with E-state index in [2.05, 4.69) is 23.5 Å². The lowest BCUT2D eigenvalue weighted by Crippen LogP contribution is -2.35. The van der Waals surface area contributed by atoms with E-state index in [0.717, 1.165) is 32.5 Å². The summed E-state index contributed by atoms with van der Waals surface area (Å²) >= 11 is 0. The van der Waals surface area contributed by atoms with Gasteiger partial charge >= 0.3 is 0 Å². The van der Waals surface area contributed by atoms with Crippen molar-refractivity contribution in [3.8, 4) is 0 Å². The molecule has 0 fully saturated rings. The predicted octanol–water partition coefficient (Wildman–Crippen LogP) is 14.8. The Bertz CT molecular complexity index is 470. The molecule has 0 aliphatic rings. The number of ether oxygens (including phenoxy) is 2. The molecule has 0 aromatic carbocycles. The summed E-state index contributed by atoms with van der Waals surface area (Å²) in [7, 11) is 1.68. The summed E-state index contributed by atoms with van der Waals surface area (Å²) in [5, 5.41) is 0. The van der Waals surface area contributed by atoms with Crippen LogP contribution in [0, 0.1) is 0 Å². The number of amides is 1. The van der Waals surface area contributed by atoms with E-state index >= 15 is 0 Å². The lowest BCUT2D eigenvalue weighted by atomic mass is 10.0. The zero-order valence-electron chi connectivity index (χ0n) is 35.1. The van der Waals surface area contributed by atoms with E-state index in [4.69, 9.17) is 4.74 Å². The Morgan fingerprint density at radius 1 is 0.404 bits per heavy atom. The second-order valence-corrected chi connectivity index (χ2v) is 12.1. The molecule has 0 bridgehead atoms. The number of methoxy groups -OCH3 is 1. The van der Waals surface area contributed by atoms with Crippen molar-refractivity contribution in [1.82, 2.24) is 4.90 Å². The van der Waals surface area contributed by atoms with Crippen LogP contribution in [0.4, 0.5) is 0 Å². The van der Waals surface area contributed by atoms with Crippen LogP contribution in [0.1, 0.15) is 236 Å². The molecule has 0 N–H and O–H groups in total. The van der Waals surface area contributed by atoms with E-state index in [0.29, 0.717) is 6.61 Å². The average Bonchev–Trinajstić information content (AvgIpc) is 3.12. The number of nitrogens with zero attached hydrogens (tertiary/aromatic N) is 1. The van der Waals surface area contributed by atoms with Crippen LogP contribution in [0.15, 0.2) is 0 Å². The van der Waals surface area contributed by atoms with Crippen molar-refractivity contribution >= 4 is 5.91 Å². The molecule has 0 aromatic heterocycles. The van der Waals surface area contributed by atoms with Crippen LogP contribution in [0.2, 0.25) is 0 Å². The molecule has 0 aliphatic carbocycles. The molecule has 0 saturated heterocycles. The van der Waals surface area contributed by atoms with Gasteiger partial charge in [-0.25, -0.2) is 0 Å². The van der Waals surface area contributed by atoms with E-state index in [9.17, 15) is 4.79 Å². The van der Waals surface area contributed by atoms with E-state index in [1.165, 1.54) is 154 Å². The number of carbonyl (C=O) groups is 1. The smallest absolute Gasteiger partial charge is 0.248 e. The Labute approximate surface area is 300 Å². The SMILES string of the molecule is CC.CC.CC.CCCCCCCCCCCCCCCCN(CCCCCCCCCCCCCC)C(=O)COCC.CCOC. The lowest BCUT2D eigenvalue weighted by Gasteiger charge is -2.23. The van der Waals surface area contributed by atoms with Gasteiger partial charge in [-0.15, -0.1) is 0 Å². The molecule has 0 spiro atoms. The van der Waals surface area contributed by atoms with Gasteiger partial charge in [0.15, 0.2) is 0 Å². The Morgan fingerprint density at radius 3 is 0.851 bits per heavy atom. The Balaban J connectivity index is -0.000000523. The van der Waals surface area contributed by atoms with E-state index in [1.54, 1.807) is 7.11 Å². The standard InChI is InChI=1S/C34H69NO2.C3H8O.3C2H6/c1-4-7-9-11-13-15-17-19-20-22-24-26-28-30-32-35(34(36)33-37-6-3)31-29-27-25-23-21-18-16-14-12-10-8-5-2;1-3-4-2;3*1-2/h4-33H2,1-3H3;3H2,1-2H3;3*1-2H3. The van der Waals surface area contributed by atoms with Crippen molar-refractivity contribution in [2.75, 3.05) is 40.0 Å². The fraction of sp³-hybridized carbons (Fsp3) is 0.977. The quantitative estimate of drug-likeness (QED) is 0.0667. The van der Waals surface area contributed by atoms with Gasteiger partial charge in [-0.3, -0.25) is 4.79 Å². The molecule has 290 valence electrons. The van der Waals surface area contributed by atoms with Gasteiger partial charge in [-0.05, 0) is 26.7 Å². The fourth-order valence-corrected chi connectivity index (χ4v) is 5.28. The molecule has 1 amide bonds. The monoisotopic (exact) mass is 674 g/mol. The first-order valence-electron chi connectivity index (χ1n) is 21.5. The maximum atomic E-state index is 12.6. The van der Waals surface area contributed by atoms with Crippen molar-refractivity contribution in [3.63, 3.8) is 0 Å². The van der Waals surface area contributed by atoms with Crippen molar-refractivity contribution in [1.29, 1.82) is 0 Å².